The van der Waals surface area contributed by atoms with Crippen molar-refractivity contribution in [2.45, 2.75) is 43.5 Å². The highest BCUT2D eigenvalue weighted by Crippen LogP contribution is 2.19. The maximum absolute atomic E-state index is 12.7. The molecule has 0 aliphatic carbocycles. The molecule has 1 unspecified atom stereocenters. The molecule has 23 heavy (non-hydrogen) atoms. The molecule has 1 atom stereocenters. The normalized spacial score (nSPS) is 24.6. The van der Waals surface area contributed by atoms with Crippen LogP contribution in [-0.4, -0.2) is 51.1 Å². The molecule has 0 aromatic heterocycles. The molecule has 3 rings (SSSR count). The Morgan fingerprint density at radius 1 is 1.09 bits per heavy atom. The first-order valence-electron chi connectivity index (χ1n) is 8.49. The van der Waals surface area contributed by atoms with Crippen molar-refractivity contribution in [1.29, 1.82) is 0 Å². The molecule has 2 aliphatic heterocycles. The summed E-state index contributed by atoms with van der Waals surface area (Å²) in [6, 6.07) is 10.2. The van der Waals surface area contributed by atoms with Crippen molar-refractivity contribution >= 4 is 10.0 Å². The van der Waals surface area contributed by atoms with Gasteiger partial charge in [-0.2, -0.15) is 0 Å². The van der Waals surface area contributed by atoms with E-state index in [2.05, 4.69) is 5.32 Å². The third-order valence-corrected chi connectivity index (χ3v) is 6.48. The summed E-state index contributed by atoms with van der Waals surface area (Å²) in [5, 5.41) is 3.64. The van der Waals surface area contributed by atoms with Gasteiger partial charge in [-0.25, -0.2) is 12.7 Å². The van der Waals surface area contributed by atoms with Gasteiger partial charge in [0.1, 0.15) is 0 Å². The van der Waals surface area contributed by atoms with Crippen LogP contribution in [0.15, 0.2) is 30.3 Å². The molecular formula is C17H26N2O3S. The number of sulfonamides is 1. The maximum Gasteiger partial charge on any atom is 0.218 e. The molecular weight excluding hydrogens is 312 g/mol. The van der Waals surface area contributed by atoms with Crippen LogP contribution in [-0.2, 0) is 20.5 Å². The number of nitrogens with zero attached hydrogens (tertiary/aromatic N) is 1. The minimum atomic E-state index is -3.24. The number of piperidine rings is 1. The fraction of sp³-hybridized carbons (Fsp3) is 0.647. The smallest absolute Gasteiger partial charge is 0.218 e. The van der Waals surface area contributed by atoms with E-state index in [0.29, 0.717) is 19.1 Å². The third-order valence-electron chi connectivity index (χ3n) is 4.66. The van der Waals surface area contributed by atoms with Crippen LogP contribution in [0.25, 0.3) is 0 Å². The van der Waals surface area contributed by atoms with Gasteiger partial charge in [-0.15, -0.1) is 0 Å². The Hall–Kier alpha value is -0.950. The lowest BCUT2D eigenvalue weighted by atomic mass is 10.0. The largest absolute Gasteiger partial charge is 0.381 e. The molecule has 2 aliphatic rings. The second-order valence-corrected chi connectivity index (χ2v) is 8.46. The van der Waals surface area contributed by atoms with E-state index in [-0.39, 0.29) is 11.8 Å². The number of hydrogen-bond acceptors (Lipinski definition) is 4. The number of hydrogen-bond donors (Lipinski definition) is 1. The van der Waals surface area contributed by atoms with Crippen LogP contribution in [0.1, 0.15) is 31.2 Å². The molecule has 0 amide bonds. The van der Waals surface area contributed by atoms with Crippen molar-refractivity contribution in [3.63, 3.8) is 0 Å². The highest BCUT2D eigenvalue weighted by Gasteiger charge is 2.30. The first-order chi connectivity index (χ1) is 11.1. The molecule has 2 heterocycles. The van der Waals surface area contributed by atoms with Crippen LogP contribution in [0, 0.1) is 0 Å². The van der Waals surface area contributed by atoms with Crippen LogP contribution < -0.4 is 5.32 Å². The lowest BCUT2D eigenvalue weighted by Crippen LogP contribution is -2.51. The quantitative estimate of drug-likeness (QED) is 0.889. The Labute approximate surface area is 139 Å². The van der Waals surface area contributed by atoms with E-state index in [4.69, 9.17) is 4.74 Å². The molecule has 0 spiro atoms. The Balaban J connectivity index is 1.58. The highest BCUT2D eigenvalue weighted by molar-refractivity contribution is 7.88. The van der Waals surface area contributed by atoms with Gasteiger partial charge in [-0.3, -0.25) is 0 Å². The number of ether oxygens (including phenoxy) is 1. The van der Waals surface area contributed by atoms with Gasteiger partial charge in [0.2, 0.25) is 10.0 Å². The molecule has 1 aromatic carbocycles. The van der Waals surface area contributed by atoms with Crippen LogP contribution in [0.4, 0.5) is 0 Å². The summed E-state index contributed by atoms with van der Waals surface area (Å²) < 4.78 is 32.4. The molecule has 0 bridgehead atoms. The average Bonchev–Trinajstić information content (AvgIpc) is 2.57. The van der Waals surface area contributed by atoms with E-state index in [1.165, 1.54) is 0 Å². The van der Waals surface area contributed by atoms with E-state index in [1.54, 1.807) is 4.31 Å². The van der Waals surface area contributed by atoms with Crippen molar-refractivity contribution in [3.8, 4) is 0 Å². The standard InChI is InChI=1S/C17H26N2O3S/c20-23(21,14-15-5-2-1-3-6-15)19-10-4-7-17(13-19)18-16-8-11-22-12-9-16/h1-3,5-6,16-18H,4,7-14H2. The minimum Gasteiger partial charge on any atom is -0.381 e. The molecule has 0 saturated carbocycles. The van der Waals surface area contributed by atoms with Crippen LogP contribution >= 0.6 is 0 Å². The fourth-order valence-corrected chi connectivity index (χ4v) is 5.02. The summed E-state index contributed by atoms with van der Waals surface area (Å²) >= 11 is 0. The van der Waals surface area contributed by atoms with Crippen LogP contribution in [0.3, 0.4) is 0 Å². The molecule has 1 aromatic rings. The van der Waals surface area contributed by atoms with Crippen molar-refractivity contribution in [2.24, 2.45) is 0 Å². The summed E-state index contributed by atoms with van der Waals surface area (Å²) in [6.07, 6.45) is 4.02. The van der Waals surface area contributed by atoms with Gasteiger partial charge in [0.25, 0.3) is 0 Å². The first-order valence-corrected chi connectivity index (χ1v) is 10.1. The molecule has 2 saturated heterocycles. The van der Waals surface area contributed by atoms with E-state index < -0.39 is 10.0 Å². The van der Waals surface area contributed by atoms with E-state index in [0.717, 1.165) is 44.5 Å². The monoisotopic (exact) mass is 338 g/mol. The van der Waals surface area contributed by atoms with Crippen molar-refractivity contribution in [3.05, 3.63) is 35.9 Å². The topological polar surface area (TPSA) is 58.6 Å². The summed E-state index contributed by atoms with van der Waals surface area (Å²) in [6.45, 7) is 2.84. The van der Waals surface area contributed by atoms with Crippen LogP contribution in [0.2, 0.25) is 0 Å². The Bertz CT molecular complexity index is 585. The van der Waals surface area contributed by atoms with E-state index in [9.17, 15) is 8.42 Å². The van der Waals surface area contributed by atoms with Gasteiger partial charge in [0.05, 0.1) is 5.75 Å². The molecule has 6 heteroatoms. The van der Waals surface area contributed by atoms with E-state index in [1.807, 2.05) is 30.3 Å². The van der Waals surface area contributed by atoms with Crippen molar-refractivity contribution in [2.75, 3.05) is 26.3 Å². The lowest BCUT2D eigenvalue weighted by molar-refractivity contribution is 0.0722. The van der Waals surface area contributed by atoms with Crippen molar-refractivity contribution < 1.29 is 13.2 Å². The Kier molecular flexibility index (Phi) is 5.69. The zero-order valence-electron chi connectivity index (χ0n) is 13.5. The van der Waals surface area contributed by atoms with Gasteiger partial charge in [-0.1, -0.05) is 30.3 Å². The number of rotatable bonds is 5. The average molecular weight is 338 g/mol. The van der Waals surface area contributed by atoms with Gasteiger partial charge in [-0.05, 0) is 31.2 Å². The third kappa shape index (κ3) is 4.76. The zero-order chi connectivity index (χ0) is 16.1. The summed E-state index contributed by atoms with van der Waals surface area (Å²) in [5.41, 5.74) is 0.854. The SMILES string of the molecule is O=S(=O)(Cc1ccccc1)N1CCCC(NC2CCOCC2)C1. The molecule has 1 N–H and O–H groups in total. The number of nitrogens with one attached hydrogen (secondary N) is 1. The lowest BCUT2D eigenvalue weighted by Gasteiger charge is -2.35. The summed E-state index contributed by atoms with van der Waals surface area (Å²) in [4.78, 5) is 0. The number of benzene rings is 1. The second kappa shape index (κ2) is 7.75. The Morgan fingerprint density at radius 2 is 1.83 bits per heavy atom. The summed E-state index contributed by atoms with van der Waals surface area (Å²) in [5.74, 6) is 0.0951. The predicted octanol–water partition coefficient (Wildman–Crippen LogP) is 1.75. The van der Waals surface area contributed by atoms with Gasteiger partial charge in [0, 0.05) is 38.4 Å². The summed E-state index contributed by atoms with van der Waals surface area (Å²) in [7, 11) is -3.24. The van der Waals surface area contributed by atoms with Gasteiger partial charge in [0.15, 0.2) is 0 Å². The van der Waals surface area contributed by atoms with E-state index >= 15 is 0 Å². The van der Waals surface area contributed by atoms with Crippen molar-refractivity contribution in [1.82, 2.24) is 9.62 Å². The highest BCUT2D eigenvalue weighted by atomic mass is 32.2. The van der Waals surface area contributed by atoms with Crippen LogP contribution in [0.5, 0.6) is 0 Å². The second-order valence-electron chi connectivity index (χ2n) is 6.49. The maximum atomic E-state index is 12.7. The molecule has 128 valence electrons. The minimum absolute atomic E-state index is 0.0951. The molecule has 5 nitrogen and oxygen atoms in total. The zero-order valence-corrected chi connectivity index (χ0v) is 14.3. The Morgan fingerprint density at radius 3 is 2.57 bits per heavy atom. The predicted molar refractivity (Wildman–Crippen MR) is 90.6 cm³/mol. The van der Waals surface area contributed by atoms with Gasteiger partial charge >= 0.3 is 0 Å². The fourth-order valence-electron chi connectivity index (χ4n) is 3.40. The first kappa shape index (κ1) is 16.9. The molecule has 2 fully saturated rings. The molecule has 0 radical (unpaired) electrons. The van der Waals surface area contributed by atoms with Gasteiger partial charge < -0.3 is 10.1 Å².